The number of aromatic amines is 1. The molecule has 0 unspecified atom stereocenters. The third-order valence-corrected chi connectivity index (χ3v) is 8.40. The smallest absolute Gasteiger partial charge is 0.264 e. The second kappa shape index (κ2) is 7.78. The quantitative estimate of drug-likeness (QED) is 0.662. The fraction of sp³-hybridized carbons (Fsp3) is 0.333. The number of nitrogens with zero attached hydrogens (tertiary/aromatic N) is 2. The Morgan fingerprint density at radius 1 is 1.06 bits per heavy atom. The van der Waals surface area contributed by atoms with Crippen LogP contribution in [0, 0.1) is 5.92 Å². The van der Waals surface area contributed by atoms with Crippen molar-refractivity contribution in [1.29, 1.82) is 0 Å². The van der Waals surface area contributed by atoms with Gasteiger partial charge in [0.25, 0.3) is 15.9 Å². The van der Waals surface area contributed by atoms with Gasteiger partial charge in [0.1, 0.15) is 5.56 Å². The monoisotopic (exact) mass is 451 g/mol. The van der Waals surface area contributed by atoms with Gasteiger partial charge in [0, 0.05) is 36.7 Å². The highest BCUT2D eigenvalue weighted by atomic mass is 32.2. The largest absolute Gasteiger partial charge is 0.360 e. The zero-order valence-corrected chi connectivity index (χ0v) is 18.7. The lowest BCUT2D eigenvalue weighted by atomic mass is 9.98. The second-order valence-electron chi connectivity index (χ2n) is 8.67. The second-order valence-corrected chi connectivity index (χ2v) is 10.5. The first-order valence-electron chi connectivity index (χ1n) is 10.9. The van der Waals surface area contributed by atoms with Gasteiger partial charge >= 0.3 is 0 Å². The minimum absolute atomic E-state index is 0.0450. The number of carbonyl (C=O) groups is 1. The van der Waals surface area contributed by atoms with Crippen molar-refractivity contribution in [3.8, 4) is 0 Å². The lowest BCUT2D eigenvalue weighted by Gasteiger charge is -2.30. The molecule has 1 aromatic heterocycles. The molecular formula is C24H25N3O4S. The minimum atomic E-state index is -3.83. The number of amides is 1. The summed E-state index contributed by atoms with van der Waals surface area (Å²) in [5.74, 6) is 0.263. The predicted octanol–water partition coefficient (Wildman–Crippen LogP) is 3.15. The number of H-pyrrole nitrogens is 1. The first-order chi connectivity index (χ1) is 15.4. The highest BCUT2D eigenvalue weighted by Gasteiger charge is 2.31. The summed E-state index contributed by atoms with van der Waals surface area (Å²) in [4.78, 5) is 30.9. The van der Waals surface area contributed by atoms with Gasteiger partial charge in [-0.3, -0.25) is 13.9 Å². The minimum Gasteiger partial charge on any atom is -0.360 e. The van der Waals surface area contributed by atoms with Crippen molar-refractivity contribution in [1.82, 2.24) is 9.88 Å². The van der Waals surface area contributed by atoms with Crippen molar-refractivity contribution in [2.75, 3.05) is 23.9 Å². The summed E-state index contributed by atoms with van der Waals surface area (Å²) in [6.45, 7) is 3.77. The van der Waals surface area contributed by atoms with Crippen LogP contribution in [0.3, 0.4) is 0 Å². The molecule has 0 atom stereocenters. The molecule has 2 aliphatic heterocycles. The number of piperidine rings is 1. The zero-order valence-electron chi connectivity index (χ0n) is 17.9. The van der Waals surface area contributed by atoms with Crippen LogP contribution in [0.1, 0.15) is 35.7 Å². The van der Waals surface area contributed by atoms with E-state index in [0.29, 0.717) is 43.2 Å². The van der Waals surface area contributed by atoms with E-state index in [1.807, 2.05) is 18.2 Å². The van der Waals surface area contributed by atoms with Gasteiger partial charge in [0.15, 0.2) is 0 Å². The summed E-state index contributed by atoms with van der Waals surface area (Å²) < 4.78 is 28.2. The van der Waals surface area contributed by atoms with Crippen LogP contribution >= 0.6 is 0 Å². The van der Waals surface area contributed by atoms with Crippen molar-refractivity contribution in [3.63, 3.8) is 0 Å². The highest BCUT2D eigenvalue weighted by molar-refractivity contribution is 7.92. The molecular weight excluding hydrogens is 426 g/mol. The van der Waals surface area contributed by atoms with Crippen molar-refractivity contribution in [3.05, 3.63) is 70.0 Å². The Hall–Kier alpha value is -3.13. The summed E-state index contributed by atoms with van der Waals surface area (Å²) >= 11 is 0. The number of carbonyl (C=O) groups excluding carboxylic acids is 1. The van der Waals surface area contributed by atoms with Gasteiger partial charge in [-0.15, -0.1) is 0 Å². The third-order valence-electron chi connectivity index (χ3n) is 6.59. The number of pyridine rings is 1. The lowest BCUT2D eigenvalue weighted by molar-refractivity contribution is 0.0696. The number of aromatic nitrogens is 1. The number of para-hydroxylation sites is 1. The highest BCUT2D eigenvalue weighted by Crippen LogP contribution is 2.33. The fourth-order valence-electron chi connectivity index (χ4n) is 4.58. The molecule has 3 aromatic rings. The number of hydrogen-bond acceptors (Lipinski definition) is 4. The molecule has 2 aromatic carbocycles. The fourth-order valence-corrected chi connectivity index (χ4v) is 6.11. The molecule has 2 aliphatic rings. The Balaban J connectivity index is 1.53. The van der Waals surface area contributed by atoms with Crippen molar-refractivity contribution < 1.29 is 13.2 Å². The van der Waals surface area contributed by atoms with E-state index in [9.17, 15) is 18.0 Å². The maximum atomic E-state index is 13.4. The van der Waals surface area contributed by atoms with Crippen LogP contribution in [0.15, 0.2) is 58.4 Å². The van der Waals surface area contributed by atoms with E-state index in [2.05, 4.69) is 11.9 Å². The standard InChI is InChI=1S/C24H25N3O4S/c1-16-8-11-26(12-9-16)24(29)20-15-25-21-7-6-18(14-19(21)23(20)28)32(30,31)27-13-10-17-4-2-3-5-22(17)27/h2-7,14-16H,8-13H2,1H3,(H,25,28). The number of nitrogens with one attached hydrogen (secondary N) is 1. The number of anilines is 1. The summed E-state index contributed by atoms with van der Waals surface area (Å²) in [7, 11) is -3.83. The molecule has 166 valence electrons. The average molecular weight is 452 g/mol. The molecule has 1 N–H and O–H groups in total. The lowest BCUT2D eigenvalue weighted by Crippen LogP contribution is -2.40. The van der Waals surface area contributed by atoms with Crippen LogP contribution in [-0.2, 0) is 16.4 Å². The number of fused-ring (bicyclic) bond motifs is 2. The van der Waals surface area contributed by atoms with E-state index in [1.54, 1.807) is 17.0 Å². The van der Waals surface area contributed by atoms with Crippen LogP contribution in [0.2, 0.25) is 0 Å². The Labute approximate surface area is 186 Å². The van der Waals surface area contributed by atoms with E-state index < -0.39 is 15.5 Å². The first-order valence-corrected chi connectivity index (χ1v) is 12.4. The SMILES string of the molecule is CC1CCN(C(=O)c2c[nH]c3ccc(S(=O)(=O)N4CCc5ccccc54)cc3c2=O)CC1. The summed E-state index contributed by atoms with van der Waals surface area (Å²) in [5.41, 5.74) is 1.76. The van der Waals surface area contributed by atoms with Crippen LogP contribution in [-0.4, -0.2) is 43.8 Å². The van der Waals surface area contributed by atoms with Gasteiger partial charge in [-0.2, -0.15) is 0 Å². The van der Waals surface area contributed by atoms with Crippen molar-refractivity contribution in [2.24, 2.45) is 5.92 Å². The predicted molar refractivity (Wildman–Crippen MR) is 124 cm³/mol. The molecule has 0 spiro atoms. The molecule has 1 saturated heterocycles. The van der Waals surface area contributed by atoms with Gasteiger partial charge < -0.3 is 9.88 Å². The molecule has 32 heavy (non-hydrogen) atoms. The van der Waals surface area contributed by atoms with E-state index in [1.165, 1.54) is 22.6 Å². The summed E-state index contributed by atoms with van der Waals surface area (Å²) in [5, 5.41) is 0.204. The molecule has 3 heterocycles. The van der Waals surface area contributed by atoms with Gasteiger partial charge in [0.2, 0.25) is 5.43 Å². The van der Waals surface area contributed by atoms with E-state index in [0.717, 1.165) is 18.4 Å². The third kappa shape index (κ3) is 3.39. The van der Waals surface area contributed by atoms with E-state index >= 15 is 0 Å². The maximum Gasteiger partial charge on any atom is 0.264 e. The molecule has 5 rings (SSSR count). The van der Waals surface area contributed by atoms with Crippen molar-refractivity contribution >= 4 is 32.5 Å². The molecule has 1 amide bonds. The molecule has 7 nitrogen and oxygen atoms in total. The Morgan fingerprint density at radius 3 is 2.59 bits per heavy atom. The van der Waals surface area contributed by atoms with Crippen LogP contribution in [0.25, 0.3) is 10.9 Å². The normalized spacial score (nSPS) is 17.0. The van der Waals surface area contributed by atoms with Crippen molar-refractivity contribution in [2.45, 2.75) is 31.1 Å². The molecule has 0 saturated carbocycles. The number of benzene rings is 2. The number of rotatable bonds is 3. The molecule has 8 heteroatoms. The number of sulfonamides is 1. The Morgan fingerprint density at radius 2 is 1.81 bits per heavy atom. The van der Waals surface area contributed by atoms with Gasteiger partial charge in [-0.25, -0.2) is 8.42 Å². The summed E-state index contributed by atoms with van der Waals surface area (Å²) in [6, 6.07) is 11.9. The maximum absolute atomic E-state index is 13.4. The Bertz CT molecular complexity index is 1370. The van der Waals surface area contributed by atoms with Crippen LogP contribution < -0.4 is 9.73 Å². The topological polar surface area (TPSA) is 90.6 Å². The zero-order chi connectivity index (χ0) is 22.5. The number of hydrogen-bond donors (Lipinski definition) is 1. The molecule has 0 radical (unpaired) electrons. The summed E-state index contributed by atoms with van der Waals surface area (Å²) in [6.07, 6.45) is 3.92. The first kappa shape index (κ1) is 20.8. The van der Waals surface area contributed by atoms with Gasteiger partial charge in [0.05, 0.1) is 10.6 Å². The molecule has 0 aliphatic carbocycles. The van der Waals surface area contributed by atoms with Crippen LogP contribution in [0.5, 0.6) is 0 Å². The molecule has 1 fully saturated rings. The molecule has 0 bridgehead atoms. The van der Waals surface area contributed by atoms with E-state index in [4.69, 9.17) is 0 Å². The average Bonchev–Trinajstić information content (AvgIpc) is 3.24. The van der Waals surface area contributed by atoms with Crippen LogP contribution in [0.4, 0.5) is 5.69 Å². The number of likely N-dealkylation sites (tertiary alicyclic amines) is 1. The van der Waals surface area contributed by atoms with Gasteiger partial charge in [-0.05, 0) is 55.0 Å². The Kier molecular flexibility index (Phi) is 5.04. The van der Waals surface area contributed by atoms with Gasteiger partial charge in [-0.1, -0.05) is 25.1 Å². The van der Waals surface area contributed by atoms with E-state index in [-0.39, 0.29) is 21.8 Å².